The zero-order valence-electron chi connectivity index (χ0n) is 11.3. The first-order valence-corrected chi connectivity index (χ1v) is 6.48. The summed E-state index contributed by atoms with van der Waals surface area (Å²) in [6.45, 7) is 5.29. The molecule has 0 fully saturated rings. The third-order valence-electron chi connectivity index (χ3n) is 3.14. The molecule has 1 atom stereocenters. The Labute approximate surface area is 105 Å². The van der Waals surface area contributed by atoms with Crippen molar-refractivity contribution < 1.29 is 4.74 Å². The van der Waals surface area contributed by atoms with Crippen molar-refractivity contribution in [1.82, 2.24) is 0 Å². The second kappa shape index (κ2) is 7.33. The molecule has 2 heteroatoms. The van der Waals surface area contributed by atoms with Gasteiger partial charge in [-0.3, -0.25) is 0 Å². The molecule has 0 aromatic heterocycles. The minimum atomic E-state index is 0.588. The van der Waals surface area contributed by atoms with Crippen molar-refractivity contribution in [3.8, 4) is 5.75 Å². The minimum absolute atomic E-state index is 0.588. The standard InChI is InChI=1S/C15H25NO/c1-12(2)7-8-14(11-16)9-13-5-4-6-15(10-13)17-3/h4-6,10,12,14H,7-9,11,16H2,1-3H3. The van der Waals surface area contributed by atoms with Crippen LogP contribution in [0.3, 0.4) is 0 Å². The molecule has 0 aliphatic heterocycles. The topological polar surface area (TPSA) is 35.2 Å². The van der Waals surface area contributed by atoms with E-state index < -0.39 is 0 Å². The summed E-state index contributed by atoms with van der Waals surface area (Å²) < 4.78 is 5.24. The number of hydrogen-bond donors (Lipinski definition) is 1. The van der Waals surface area contributed by atoms with E-state index in [1.807, 2.05) is 12.1 Å². The maximum Gasteiger partial charge on any atom is 0.119 e. The number of hydrogen-bond acceptors (Lipinski definition) is 2. The Morgan fingerprint density at radius 1 is 1.24 bits per heavy atom. The normalized spacial score (nSPS) is 12.8. The van der Waals surface area contributed by atoms with E-state index >= 15 is 0 Å². The first-order chi connectivity index (χ1) is 8.15. The van der Waals surface area contributed by atoms with Crippen molar-refractivity contribution in [3.05, 3.63) is 29.8 Å². The molecular formula is C15H25NO. The second-order valence-corrected chi connectivity index (χ2v) is 5.13. The van der Waals surface area contributed by atoms with E-state index in [1.165, 1.54) is 18.4 Å². The summed E-state index contributed by atoms with van der Waals surface area (Å²) in [6.07, 6.45) is 3.53. The molecule has 1 unspecified atom stereocenters. The van der Waals surface area contributed by atoms with Gasteiger partial charge in [-0.25, -0.2) is 0 Å². The van der Waals surface area contributed by atoms with Crippen LogP contribution in [0.4, 0.5) is 0 Å². The molecule has 1 aromatic rings. The fourth-order valence-corrected chi connectivity index (χ4v) is 2.01. The molecule has 2 N–H and O–H groups in total. The number of nitrogens with two attached hydrogens (primary N) is 1. The maximum absolute atomic E-state index is 5.85. The van der Waals surface area contributed by atoms with E-state index in [9.17, 15) is 0 Å². The van der Waals surface area contributed by atoms with Crippen LogP contribution in [0.1, 0.15) is 32.3 Å². The van der Waals surface area contributed by atoms with Gasteiger partial charge in [0.2, 0.25) is 0 Å². The van der Waals surface area contributed by atoms with Crippen LogP contribution in [0.5, 0.6) is 5.75 Å². The van der Waals surface area contributed by atoms with E-state index in [2.05, 4.69) is 26.0 Å². The Balaban J connectivity index is 2.54. The summed E-state index contributed by atoms with van der Waals surface area (Å²) >= 11 is 0. The van der Waals surface area contributed by atoms with Gasteiger partial charge in [0.15, 0.2) is 0 Å². The Hall–Kier alpha value is -1.02. The van der Waals surface area contributed by atoms with Crippen molar-refractivity contribution in [2.45, 2.75) is 33.1 Å². The third kappa shape index (κ3) is 5.22. The van der Waals surface area contributed by atoms with Crippen LogP contribution in [0.2, 0.25) is 0 Å². The zero-order chi connectivity index (χ0) is 12.7. The first kappa shape index (κ1) is 14.0. The van der Waals surface area contributed by atoms with Crippen molar-refractivity contribution >= 4 is 0 Å². The van der Waals surface area contributed by atoms with Crippen LogP contribution in [0.15, 0.2) is 24.3 Å². The first-order valence-electron chi connectivity index (χ1n) is 6.48. The van der Waals surface area contributed by atoms with E-state index in [0.717, 1.165) is 24.6 Å². The molecule has 1 rings (SSSR count). The molecular weight excluding hydrogens is 210 g/mol. The summed E-state index contributed by atoms with van der Waals surface area (Å²) in [4.78, 5) is 0. The SMILES string of the molecule is COc1cccc(CC(CN)CCC(C)C)c1. The molecule has 0 bridgehead atoms. The number of benzene rings is 1. The molecule has 17 heavy (non-hydrogen) atoms. The smallest absolute Gasteiger partial charge is 0.119 e. The number of methoxy groups -OCH3 is 1. The van der Waals surface area contributed by atoms with E-state index in [-0.39, 0.29) is 0 Å². The van der Waals surface area contributed by atoms with E-state index in [0.29, 0.717) is 5.92 Å². The van der Waals surface area contributed by atoms with Gasteiger partial charge >= 0.3 is 0 Å². The third-order valence-corrected chi connectivity index (χ3v) is 3.14. The van der Waals surface area contributed by atoms with Crippen LogP contribution < -0.4 is 10.5 Å². The highest BCUT2D eigenvalue weighted by Crippen LogP contribution is 2.19. The monoisotopic (exact) mass is 235 g/mol. The molecule has 0 amide bonds. The molecule has 0 radical (unpaired) electrons. The van der Waals surface area contributed by atoms with Gasteiger partial charge in [0.25, 0.3) is 0 Å². The summed E-state index contributed by atoms with van der Waals surface area (Å²) in [5.41, 5.74) is 7.17. The lowest BCUT2D eigenvalue weighted by molar-refractivity contribution is 0.410. The zero-order valence-corrected chi connectivity index (χ0v) is 11.3. The van der Waals surface area contributed by atoms with Gasteiger partial charge in [0.05, 0.1) is 7.11 Å². The quantitative estimate of drug-likeness (QED) is 0.787. The van der Waals surface area contributed by atoms with Gasteiger partial charge in [-0.1, -0.05) is 32.4 Å². The lowest BCUT2D eigenvalue weighted by Gasteiger charge is -2.16. The maximum atomic E-state index is 5.85. The predicted molar refractivity (Wildman–Crippen MR) is 73.3 cm³/mol. The van der Waals surface area contributed by atoms with Gasteiger partial charge in [-0.2, -0.15) is 0 Å². The molecule has 0 aliphatic carbocycles. The highest BCUT2D eigenvalue weighted by atomic mass is 16.5. The average molecular weight is 235 g/mol. The molecule has 0 saturated heterocycles. The van der Waals surface area contributed by atoms with Crippen molar-refractivity contribution in [2.75, 3.05) is 13.7 Å². The van der Waals surface area contributed by atoms with E-state index in [1.54, 1.807) is 7.11 Å². The largest absolute Gasteiger partial charge is 0.497 e. The summed E-state index contributed by atoms with van der Waals surface area (Å²) in [6, 6.07) is 8.29. The lowest BCUT2D eigenvalue weighted by atomic mass is 9.92. The van der Waals surface area contributed by atoms with Gasteiger partial charge in [-0.15, -0.1) is 0 Å². The number of rotatable bonds is 7. The van der Waals surface area contributed by atoms with E-state index in [4.69, 9.17) is 10.5 Å². The summed E-state index contributed by atoms with van der Waals surface area (Å²) in [5, 5.41) is 0. The van der Waals surface area contributed by atoms with Gasteiger partial charge in [0, 0.05) is 0 Å². The molecule has 0 aliphatic rings. The van der Waals surface area contributed by atoms with Crippen molar-refractivity contribution in [3.63, 3.8) is 0 Å². The molecule has 96 valence electrons. The van der Waals surface area contributed by atoms with Crippen LogP contribution in [-0.2, 0) is 6.42 Å². The van der Waals surface area contributed by atoms with Gasteiger partial charge in [0.1, 0.15) is 5.75 Å². The van der Waals surface area contributed by atoms with Crippen LogP contribution in [0.25, 0.3) is 0 Å². The predicted octanol–water partition coefficient (Wildman–Crippen LogP) is 3.25. The lowest BCUT2D eigenvalue weighted by Crippen LogP contribution is -2.17. The molecule has 2 nitrogen and oxygen atoms in total. The Morgan fingerprint density at radius 2 is 2.00 bits per heavy atom. The second-order valence-electron chi connectivity index (χ2n) is 5.13. The molecule has 1 aromatic carbocycles. The fraction of sp³-hybridized carbons (Fsp3) is 0.600. The van der Waals surface area contributed by atoms with Crippen molar-refractivity contribution in [1.29, 1.82) is 0 Å². The Morgan fingerprint density at radius 3 is 2.59 bits per heavy atom. The van der Waals surface area contributed by atoms with Gasteiger partial charge < -0.3 is 10.5 Å². The van der Waals surface area contributed by atoms with Crippen LogP contribution in [-0.4, -0.2) is 13.7 Å². The van der Waals surface area contributed by atoms with Gasteiger partial charge in [-0.05, 0) is 48.9 Å². The Kier molecular flexibility index (Phi) is 6.06. The molecule has 0 saturated carbocycles. The highest BCUT2D eigenvalue weighted by molar-refractivity contribution is 5.28. The average Bonchev–Trinajstić information content (AvgIpc) is 2.34. The summed E-state index contributed by atoms with van der Waals surface area (Å²) in [7, 11) is 1.71. The highest BCUT2D eigenvalue weighted by Gasteiger charge is 2.09. The minimum Gasteiger partial charge on any atom is -0.497 e. The summed E-state index contributed by atoms with van der Waals surface area (Å²) in [5.74, 6) is 2.28. The van der Waals surface area contributed by atoms with Crippen molar-refractivity contribution in [2.24, 2.45) is 17.6 Å². The van der Waals surface area contributed by atoms with Crippen LogP contribution in [0, 0.1) is 11.8 Å². The molecule has 0 spiro atoms. The fourth-order valence-electron chi connectivity index (χ4n) is 2.01. The van der Waals surface area contributed by atoms with Crippen LogP contribution >= 0.6 is 0 Å². The number of ether oxygens (including phenoxy) is 1. The Bertz CT molecular complexity index is 322. The molecule has 0 heterocycles.